The number of hydrogen-bond donors (Lipinski definition) is 1. The van der Waals surface area contributed by atoms with E-state index in [4.69, 9.17) is 4.74 Å². The summed E-state index contributed by atoms with van der Waals surface area (Å²) in [6.45, 7) is 4.63. The van der Waals surface area contributed by atoms with Crippen LogP contribution in [-0.2, 0) is 10.9 Å². The first-order chi connectivity index (χ1) is 8.67. The second kappa shape index (κ2) is 4.76. The lowest BCUT2D eigenvalue weighted by Gasteiger charge is -2.37. The summed E-state index contributed by atoms with van der Waals surface area (Å²) >= 11 is 0. The molecule has 106 valence electrons. The van der Waals surface area contributed by atoms with Crippen molar-refractivity contribution >= 4 is 0 Å². The monoisotopic (exact) mass is 277 g/mol. The Balaban J connectivity index is 2.32. The quantitative estimate of drug-likeness (QED) is 0.795. The number of ether oxygens (including phenoxy) is 1. The van der Waals surface area contributed by atoms with Crippen molar-refractivity contribution in [3.8, 4) is 0 Å². The maximum absolute atomic E-state index is 13.3. The molecule has 1 saturated heterocycles. The number of alkyl halides is 3. The minimum Gasteiger partial charge on any atom is -0.365 e. The van der Waals surface area contributed by atoms with Gasteiger partial charge in [-0.3, -0.25) is 0 Å². The van der Waals surface area contributed by atoms with Gasteiger partial charge in [0.1, 0.15) is 5.82 Å². The summed E-state index contributed by atoms with van der Waals surface area (Å²) in [6.07, 6.45) is -5.14. The Labute approximate surface area is 108 Å². The maximum atomic E-state index is 13.3. The van der Waals surface area contributed by atoms with Crippen LogP contribution >= 0.6 is 0 Å². The SMILES string of the molecule is CC1(C)CNCC(c2cc(F)cc(C(F)(F)F)c2)O1. The Morgan fingerprint density at radius 1 is 1.26 bits per heavy atom. The molecule has 2 nitrogen and oxygen atoms in total. The van der Waals surface area contributed by atoms with E-state index in [0.717, 1.165) is 12.1 Å². The van der Waals surface area contributed by atoms with Crippen molar-refractivity contribution in [2.24, 2.45) is 0 Å². The Kier molecular flexibility index (Phi) is 3.57. The van der Waals surface area contributed by atoms with Gasteiger partial charge < -0.3 is 10.1 Å². The predicted octanol–water partition coefficient (Wildman–Crippen LogP) is 3.28. The first-order valence-electron chi connectivity index (χ1n) is 5.94. The van der Waals surface area contributed by atoms with Crippen LogP contribution in [0.25, 0.3) is 0 Å². The number of hydrogen-bond acceptors (Lipinski definition) is 2. The molecular weight excluding hydrogens is 262 g/mol. The highest BCUT2D eigenvalue weighted by molar-refractivity contribution is 5.29. The lowest BCUT2D eigenvalue weighted by molar-refractivity contribution is -0.138. The van der Waals surface area contributed by atoms with Gasteiger partial charge in [0, 0.05) is 13.1 Å². The molecule has 1 atom stereocenters. The molecule has 0 bridgehead atoms. The molecule has 1 aromatic rings. The van der Waals surface area contributed by atoms with Gasteiger partial charge in [0.15, 0.2) is 0 Å². The van der Waals surface area contributed by atoms with E-state index in [2.05, 4.69) is 5.32 Å². The van der Waals surface area contributed by atoms with Crippen molar-refractivity contribution in [2.45, 2.75) is 31.7 Å². The largest absolute Gasteiger partial charge is 0.416 e. The van der Waals surface area contributed by atoms with Crippen LogP contribution < -0.4 is 5.32 Å². The Morgan fingerprint density at radius 2 is 1.95 bits per heavy atom. The molecule has 1 aliphatic rings. The number of rotatable bonds is 1. The van der Waals surface area contributed by atoms with Crippen LogP contribution in [0.4, 0.5) is 17.6 Å². The zero-order chi connectivity index (χ0) is 14.3. The molecule has 0 radical (unpaired) electrons. The van der Waals surface area contributed by atoms with Gasteiger partial charge in [-0.2, -0.15) is 13.2 Å². The van der Waals surface area contributed by atoms with Gasteiger partial charge in [-0.05, 0) is 37.6 Å². The molecule has 19 heavy (non-hydrogen) atoms. The van der Waals surface area contributed by atoms with Gasteiger partial charge in [0.05, 0.1) is 17.3 Å². The van der Waals surface area contributed by atoms with Gasteiger partial charge in [-0.15, -0.1) is 0 Å². The summed E-state index contributed by atoms with van der Waals surface area (Å²) in [5.41, 5.74) is -1.28. The number of morpholine rings is 1. The first-order valence-corrected chi connectivity index (χ1v) is 5.94. The van der Waals surface area contributed by atoms with E-state index in [1.54, 1.807) is 0 Å². The van der Waals surface area contributed by atoms with Crippen LogP contribution in [0, 0.1) is 5.82 Å². The number of benzene rings is 1. The van der Waals surface area contributed by atoms with Crippen LogP contribution in [0.15, 0.2) is 18.2 Å². The standard InChI is InChI=1S/C13H15F4NO/c1-12(2)7-18-6-11(19-12)8-3-9(13(15,16)17)5-10(14)4-8/h3-5,11,18H,6-7H2,1-2H3. The lowest BCUT2D eigenvalue weighted by Crippen LogP contribution is -2.46. The van der Waals surface area contributed by atoms with Crippen molar-refractivity contribution < 1.29 is 22.3 Å². The minimum absolute atomic E-state index is 0.201. The molecule has 0 aromatic heterocycles. The molecule has 1 aromatic carbocycles. The average molecular weight is 277 g/mol. The topological polar surface area (TPSA) is 21.3 Å². The third-order valence-corrected chi connectivity index (χ3v) is 2.96. The van der Waals surface area contributed by atoms with Crippen LogP contribution in [0.2, 0.25) is 0 Å². The fourth-order valence-electron chi connectivity index (χ4n) is 2.12. The van der Waals surface area contributed by atoms with Crippen LogP contribution in [0.5, 0.6) is 0 Å². The van der Waals surface area contributed by atoms with Crippen molar-refractivity contribution in [1.29, 1.82) is 0 Å². The molecule has 1 N–H and O–H groups in total. The molecule has 2 rings (SSSR count). The highest BCUT2D eigenvalue weighted by atomic mass is 19.4. The van der Waals surface area contributed by atoms with Gasteiger partial charge in [0.25, 0.3) is 0 Å². The highest BCUT2D eigenvalue weighted by Gasteiger charge is 2.34. The Bertz CT molecular complexity index is 470. The van der Waals surface area contributed by atoms with Gasteiger partial charge in [0.2, 0.25) is 0 Å². The van der Waals surface area contributed by atoms with Crippen LogP contribution in [0.1, 0.15) is 31.1 Å². The smallest absolute Gasteiger partial charge is 0.365 e. The lowest BCUT2D eigenvalue weighted by atomic mass is 10.0. The van der Waals surface area contributed by atoms with Crippen molar-refractivity contribution in [3.05, 3.63) is 35.1 Å². The zero-order valence-electron chi connectivity index (χ0n) is 10.6. The van der Waals surface area contributed by atoms with E-state index in [0.29, 0.717) is 19.2 Å². The molecule has 0 amide bonds. The van der Waals surface area contributed by atoms with Crippen molar-refractivity contribution in [2.75, 3.05) is 13.1 Å². The van der Waals surface area contributed by atoms with Crippen LogP contribution in [0.3, 0.4) is 0 Å². The Hall–Kier alpha value is -1.14. The predicted molar refractivity (Wildman–Crippen MR) is 62.2 cm³/mol. The highest BCUT2D eigenvalue weighted by Crippen LogP contribution is 2.34. The summed E-state index contributed by atoms with van der Waals surface area (Å²) in [6, 6.07) is 2.52. The summed E-state index contributed by atoms with van der Waals surface area (Å²) in [5.74, 6) is -0.906. The van der Waals surface area contributed by atoms with Gasteiger partial charge >= 0.3 is 6.18 Å². The van der Waals surface area contributed by atoms with Crippen molar-refractivity contribution in [1.82, 2.24) is 5.32 Å². The number of nitrogens with one attached hydrogen (secondary N) is 1. The van der Waals surface area contributed by atoms with Crippen molar-refractivity contribution in [3.63, 3.8) is 0 Å². The molecular formula is C13H15F4NO. The van der Waals surface area contributed by atoms with E-state index < -0.39 is 29.3 Å². The third-order valence-electron chi connectivity index (χ3n) is 2.96. The molecule has 1 fully saturated rings. The summed E-state index contributed by atoms with van der Waals surface area (Å²) in [4.78, 5) is 0. The molecule has 1 heterocycles. The van der Waals surface area contributed by atoms with Crippen LogP contribution in [-0.4, -0.2) is 18.7 Å². The van der Waals surface area contributed by atoms with Gasteiger partial charge in [-0.1, -0.05) is 0 Å². The van der Waals surface area contributed by atoms with Gasteiger partial charge in [-0.25, -0.2) is 4.39 Å². The minimum atomic E-state index is -4.56. The molecule has 0 aliphatic carbocycles. The normalized spacial score (nSPS) is 23.4. The average Bonchev–Trinajstić information content (AvgIpc) is 2.25. The fraction of sp³-hybridized carbons (Fsp3) is 0.538. The molecule has 0 saturated carbocycles. The van der Waals surface area contributed by atoms with E-state index in [-0.39, 0.29) is 5.56 Å². The zero-order valence-corrected chi connectivity index (χ0v) is 10.6. The first kappa shape index (κ1) is 14.3. The Morgan fingerprint density at radius 3 is 2.53 bits per heavy atom. The van der Waals surface area contributed by atoms with E-state index in [1.165, 1.54) is 0 Å². The maximum Gasteiger partial charge on any atom is 0.416 e. The molecule has 0 spiro atoms. The number of halogens is 4. The molecule has 1 aliphatic heterocycles. The van der Waals surface area contributed by atoms with E-state index >= 15 is 0 Å². The second-order valence-electron chi connectivity index (χ2n) is 5.27. The van der Waals surface area contributed by atoms with E-state index in [9.17, 15) is 17.6 Å². The fourth-order valence-corrected chi connectivity index (χ4v) is 2.12. The summed E-state index contributed by atoms with van der Waals surface area (Å²) in [5, 5.41) is 3.07. The molecule has 1 unspecified atom stereocenters. The molecule has 6 heteroatoms. The summed E-state index contributed by atoms with van der Waals surface area (Å²) < 4.78 is 56.9. The summed E-state index contributed by atoms with van der Waals surface area (Å²) in [7, 11) is 0. The van der Waals surface area contributed by atoms with E-state index in [1.807, 2.05) is 13.8 Å². The third kappa shape index (κ3) is 3.45. The second-order valence-corrected chi connectivity index (χ2v) is 5.27.